The Morgan fingerprint density at radius 3 is 0.827 bits per heavy atom. The van der Waals surface area contributed by atoms with Crippen molar-refractivity contribution in [2.45, 2.75) is 26.2 Å². The number of H-pyrrole nitrogens is 2. The summed E-state index contributed by atoms with van der Waals surface area (Å²) in [6.07, 6.45) is 16.5. The van der Waals surface area contributed by atoms with Crippen molar-refractivity contribution < 1.29 is 37.2 Å². The second-order valence-electron chi connectivity index (χ2n) is 26.8. The molecule has 0 saturated heterocycles. The first kappa shape index (κ1) is 61.7. The van der Waals surface area contributed by atoms with Gasteiger partial charge < -0.3 is 28.9 Å². The van der Waals surface area contributed by atoms with E-state index in [0.717, 1.165) is 154 Å². The van der Waals surface area contributed by atoms with E-state index >= 15 is 0 Å². The molecular weight excluding hydrogens is 1280 g/mol. The lowest BCUT2D eigenvalue weighted by Gasteiger charge is -2.14. The normalized spacial score (nSPS) is 11.8. The van der Waals surface area contributed by atoms with Crippen LogP contribution in [0.1, 0.15) is 0 Å². The number of hydrogen-bond acceptors (Lipinski definition) is 6. The highest BCUT2D eigenvalue weighted by Crippen LogP contribution is 2.51. The topological polar surface area (TPSA) is 110 Å². The Morgan fingerprint density at radius 1 is 0.260 bits per heavy atom. The maximum absolute atomic E-state index is 6.91. The largest absolute Gasteiger partial charge is 0.487 e. The van der Waals surface area contributed by atoms with Gasteiger partial charge in [0.2, 0.25) is 0 Å². The minimum Gasteiger partial charge on any atom is -0.487 e. The van der Waals surface area contributed by atoms with Crippen LogP contribution in [0.25, 0.3) is 154 Å². The Bertz CT molecular complexity index is 5870. The molecular formula is C92H70N8O4+4. The van der Waals surface area contributed by atoms with E-state index in [1.165, 1.54) is 0 Å². The third-order valence-corrected chi connectivity index (χ3v) is 20.2. The van der Waals surface area contributed by atoms with Crippen LogP contribution < -0.4 is 37.2 Å². The number of ether oxygens (including phenoxy) is 4. The van der Waals surface area contributed by atoms with Crippen LogP contribution in [0.2, 0.25) is 0 Å². The van der Waals surface area contributed by atoms with E-state index in [0.29, 0.717) is 75.6 Å². The Morgan fingerprint density at radius 2 is 0.529 bits per heavy atom. The molecule has 17 aromatic rings. The van der Waals surface area contributed by atoms with Crippen molar-refractivity contribution in [1.29, 1.82) is 0 Å². The Hall–Kier alpha value is -13.3. The molecule has 2 aliphatic rings. The summed E-state index contributed by atoms with van der Waals surface area (Å²) in [6, 6.07) is 94.9. The van der Waals surface area contributed by atoms with Gasteiger partial charge in [0.1, 0.15) is 49.4 Å². The second kappa shape index (κ2) is 26.6. The molecule has 498 valence electrons. The minimum atomic E-state index is 0.417. The van der Waals surface area contributed by atoms with Crippen LogP contribution in [0.4, 0.5) is 0 Å². The van der Waals surface area contributed by atoms with Crippen LogP contribution >= 0.6 is 0 Å². The molecule has 0 radical (unpaired) electrons. The molecule has 8 bridgehead atoms. The predicted octanol–water partition coefficient (Wildman–Crippen LogP) is 18.7. The smallest absolute Gasteiger partial charge is 0.182 e. The van der Waals surface area contributed by atoms with Crippen LogP contribution in [0, 0.1) is 0 Å². The zero-order chi connectivity index (χ0) is 68.9. The molecule has 0 unspecified atom stereocenters. The molecule has 0 fully saturated rings. The Kier molecular flexibility index (Phi) is 15.8. The van der Waals surface area contributed by atoms with Gasteiger partial charge in [0, 0.05) is 127 Å². The molecule has 7 aromatic heterocycles. The van der Waals surface area contributed by atoms with E-state index in [1.807, 2.05) is 84.9 Å². The number of pyridine rings is 4. The lowest BCUT2D eigenvalue weighted by atomic mass is 9.93. The van der Waals surface area contributed by atoms with Crippen molar-refractivity contribution >= 4 is 86.7 Å². The van der Waals surface area contributed by atoms with Gasteiger partial charge in [-0.2, -0.15) is 0 Å². The summed E-state index contributed by atoms with van der Waals surface area (Å²) >= 11 is 0. The first-order valence-electron chi connectivity index (χ1n) is 35.6. The van der Waals surface area contributed by atoms with Gasteiger partial charge in [-0.05, 0) is 139 Å². The molecule has 104 heavy (non-hydrogen) atoms. The zero-order valence-electron chi connectivity index (χ0n) is 57.0. The maximum atomic E-state index is 6.91. The molecule has 0 aliphatic carbocycles. The summed E-state index contributed by atoms with van der Waals surface area (Å²) in [7, 11) is 0. The molecule has 0 atom stereocenters. The molecule has 2 N–H and O–H groups in total. The van der Waals surface area contributed by atoms with Crippen molar-refractivity contribution in [2.24, 2.45) is 0 Å². The summed E-state index contributed by atoms with van der Waals surface area (Å²) in [6.45, 7) is 4.23. The fraction of sp³-hybridized carbons (Fsp3) is 0.0870. The van der Waals surface area contributed by atoms with Gasteiger partial charge in [-0.15, -0.1) is 0 Å². The molecule has 9 heterocycles. The number of nitrogens with one attached hydrogen (secondary N) is 2. The number of benzene rings is 10. The lowest BCUT2D eigenvalue weighted by Crippen LogP contribution is -2.35. The van der Waals surface area contributed by atoms with Crippen LogP contribution in [0.15, 0.2) is 316 Å². The van der Waals surface area contributed by atoms with Crippen LogP contribution in [0.3, 0.4) is 0 Å². The highest BCUT2D eigenvalue weighted by atomic mass is 16.5. The standard InChI is InChI=1S/C92H70N8O4/c1-13-29-97(30-14-1)37-41-101-71-45-69(46-72(57-71)102-42-38-98-31-15-2-16-32-98)87-89-79-53-65-25-9-5-21-61(65)49-75(79)83(93-89)59-85-77-51-63-23-7-11-27-67(63)55-81(77)91(95-85)88(70-47-73(103-43-39-99-33-17-3-18-34-99)58-74(48-70)104-44-40-100-35-19-4-20-36-100)92-82-56-68-28-12-8-24-64(68)52-78(82)86(96-92)60-84-76-50-62-22-6-10-26-66(62)54-80(76)90(87)94-84/h1-36,45-60,93,96H,37-44H2/q+4. The fourth-order valence-corrected chi connectivity index (χ4v) is 15.1. The highest BCUT2D eigenvalue weighted by Gasteiger charge is 2.29. The molecule has 2 aliphatic heterocycles. The Balaban J connectivity index is 0.941. The average molecular weight is 1350 g/mol. The number of aromatic nitrogens is 8. The second-order valence-corrected chi connectivity index (χ2v) is 26.8. The first-order valence-corrected chi connectivity index (χ1v) is 35.6. The molecule has 19 rings (SSSR count). The van der Waals surface area contributed by atoms with Gasteiger partial charge in [0.15, 0.2) is 75.8 Å². The first-order chi connectivity index (χ1) is 51.5. The van der Waals surface area contributed by atoms with Gasteiger partial charge >= 0.3 is 0 Å². The predicted molar refractivity (Wildman–Crippen MR) is 414 cm³/mol. The van der Waals surface area contributed by atoms with Crippen molar-refractivity contribution in [2.75, 3.05) is 26.4 Å². The quantitative estimate of drug-likeness (QED) is 0.0828. The minimum absolute atomic E-state index is 0.417. The summed E-state index contributed by atoms with van der Waals surface area (Å²) in [5, 5.41) is 12.9. The SMILES string of the molecule is c1cc[n+](CCOc2cc(OCC[n+]3ccccc3)cc(-c3c4nc(cc5[nH]c(c(-c6cc(OCC[n+]7ccccc7)cc(OCC[n+]7ccccc7)c6)c6nc(cc7[nH]c3c3cc8ccccc8cc73)-c3cc7ccccc7cc3-6)c3cc6ccccc6cc53)-c3cc5ccccc5cc3-4)c2)cc1. The number of hydrogen-bond donors (Lipinski definition) is 2. The van der Waals surface area contributed by atoms with E-state index in [4.69, 9.17) is 28.9 Å². The van der Waals surface area contributed by atoms with Crippen molar-refractivity contribution in [3.8, 4) is 90.3 Å². The van der Waals surface area contributed by atoms with Crippen molar-refractivity contribution in [1.82, 2.24) is 19.9 Å². The maximum Gasteiger partial charge on any atom is 0.182 e. The zero-order valence-corrected chi connectivity index (χ0v) is 57.0. The highest BCUT2D eigenvalue weighted by molar-refractivity contribution is 6.21. The van der Waals surface area contributed by atoms with Gasteiger partial charge in [-0.1, -0.05) is 121 Å². The molecule has 12 nitrogen and oxygen atoms in total. The van der Waals surface area contributed by atoms with Gasteiger partial charge in [0.05, 0.1) is 33.8 Å². The van der Waals surface area contributed by atoms with Crippen LogP contribution in [0.5, 0.6) is 23.0 Å². The fourth-order valence-electron chi connectivity index (χ4n) is 15.1. The number of aromatic amines is 2. The van der Waals surface area contributed by atoms with Gasteiger partial charge in [-0.3, -0.25) is 0 Å². The van der Waals surface area contributed by atoms with Crippen LogP contribution in [-0.2, 0) is 26.2 Å². The van der Waals surface area contributed by atoms with E-state index < -0.39 is 0 Å². The summed E-state index contributed by atoms with van der Waals surface area (Å²) < 4.78 is 36.2. The number of fused-ring (bicyclic) bond motifs is 24. The monoisotopic (exact) mass is 1350 g/mol. The van der Waals surface area contributed by atoms with E-state index in [9.17, 15) is 0 Å². The summed E-state index contributed by atoms with van der Waals surface area (Å²) in [5.74, 6) is 2.69. The third-order valence-electron chi connectivity index (χ3n) is 20.2. The van der Waals surface area contributed by atoms with Crippen molar-refractivity contribution in [3.05, 3.63) is 316 Å². The average Bonchev–Trinajstić information content (AvgIpc) is 1.57. The Labute approximate surface area is 599 Å². The molecule has 0 amide bonds. The third kappa shape index (κ3) is 12.0. The van der Waals surface area contributed by atoms with Crippen LogP contribution in [-0.4, -0.2) is 46.4 Å². The summed E-state index contributed by atoms with van der Waals surface area (Å²) in [4.78, 5) is 20.6. The number of nitrogens with zero attached hydrogens (tertiary/aromatic N) is 6. The van der Waals surface area contributed by atoms with Crippen molar-refractivity contribution in [3.63, 3.8) is 0 Å². The molecule has 0 spiro atoms. The number of rotatable bonds is 18. The molecule has 0 saturated carbocycles. The summed E-state index contributed by atoms with van der Waals surface area (Å²) in [5.41, 5.74) is 14.3. The molecule has 10 aromatic carbocycles. The van der Waals surface area contributed by atoms with E-state index in [-0.39, 0.29) is 0 Å². The van der Waals surface area contributed by atoms with Gasteiger partial charge in [-0.25, -0.2) is 28.2 Å². The molecule has 12 heteroatoms. The van der Waals surface area contributed by atoms with Gasteiger partial charge in [0.25, 0.3) is 0 Å². The van der Waals surface area contributed by atoms with E-state index in [1.54, 1.807) is 0 Å². The van der Waals surface area contributed by atoms with E-state index in [2.05, 4.69) is 260 Å². The lowest BCUT2D eigenvalue weighted by molar-refractivity contribution is -0.697.